The molecule has 0 aliphatic carbocycles. The molecule has 1 unspecified atom stereocenters. The standard InChI is InChI=1S/C8H11Br3O/c1-3-6(2)12-5-7(4-9)8(10)11/h3,6H,1,4-5H2,2H3. The van der Waals surface area contributed by atoms with Gasteiger partial charge in [0, 0.05) is 5.33 Å². The third-order valence-electron chi connectivity index (χ3n) is 1.28. The van der Waals surface area contributed by atoms with E-state index in [1.807, 2.05) is 6.92 Å². The molecule has 0 aliphatic heterocycles. The zero-order valence-corrected chi connectivity index (χ0v) is 11.6. The van der Waals surface area contributed by atoms with Gasteiger partial charge in [0.15, 0.2) is 0 Å². The van der Waals surface area contributed by atoms with Crippen LogP contribution < -0.4 is 0 Å². The van der Waals surface area contributed by atoms with Gasteiger partial charge >= 0.3 is 0 Å². The Labute approximate surface area is 98.6 Å². The van der Waals surface area contributed by atoms with Crippen LogP contribution in [0.25, 0.3) is 0 Å². The molecule has 0 N–H and O–H groups in total. The van der Waals surface area contributed by atoms with Gasteiger partial charge in [0.1, 0.15) is 0 Å². The van der Waals surface area contributed by atoms with E-state index in [1.54, 1.807) is 6.08 Å². The monoisotopic (exact) mass is 360 g/mol. The number of rotatable bonds is 5. The molecule has 0 aromatic carbocycles. The maximum atomic E-state index is 5.44. The third kappa shape index (κ3) is 5.51. The van der Waals surface area contributed by atoms with E-state index in [4.69, 9.17) is 4.74 Å². The highest BCUT2D eigenvalue weighted by molar-refractivity contribution is 9.28. The fraction of sp³-hybridized carbons (Fsp3) is 0.500. The Hall–Kier alpha value is 0.880. The second-order valence-corrected chi connectivity index (χ2v) is 5.46. The molecule has 4 heteroatoms. The Balaban J connectivity index is 3.90. The van der Waals surface area contributed by atoms with Crippen molar-refractivity contribution in [1.82, 2.24) is 0 Å². The van der Waals surface area contributed by atoms with Crippen molar-refractivity contribution in [3.63, 3.8) is 0 Å². The maximum absolute atomic E-state index is 5.44. The minimum atomic E-state index is 0.0957. The molecule has 12 heavy (non-hydrogen) atoms. The largest absolute Gasteiger partial charge is 0.370 e. The maximum Gasteiger partial charge on any atom is 0.0729 e. The van der Waals surface area contributed by atoms with E-state index in [0.717, 1.165) is 14.3 Å². The smallest absolute Gasteiger partial charge is 0.0729 e. The highest BCUT2D eigenvalue weighted by Crippen LogP contribution is 2.21. The van der Waals surface area contributed by atoms with E-state index in [-0.39, 0.29) is 6.10 Å². The van der Waals surface area contributed by atoms with E-state index in [1.165, 1.54) is 0 Å². The molecule has 0 saturated heterocycles. The average molecular weight is 363 g/mol. The topological polar surface area (TPSA) is 9.23 Å². The Morgan fingerprint density at radius 2 is 2.17 bits per heavy atom. The summed E-state index contributed by atoms with van der Waals surface area (Å²) in [6, 6.07) is 0. The van der Waals surface area contributed by atoms with E-state index in [2.05, 4.69) is 54.4 Å². The van der Waals surface area contributed by atoms with Crippen LogP contribution in [-0.2, 0) is 4.74 Å². The summed E-state index contributed by atoms with van der Waals surface area (Å²) in [5.41, 5.74) is 1.14. The molecule has 0 rings (SSSR count). The molecule has 0 aromatic rings. The van der Waals surface area contributed by atoms with Crippen LogP contribution in [-0.4, -0.2) is 18.0 Å². The fourth-order valence-corrected chi connectivity index (χ4v) is 2.15. The van der Waals surface area contributed by atoms with Crippen molar-refractivity contribution in [1.29, 1.82) is 0 Å². The summed E-state index contributed by atoms with van der Waals surface area (Å²) in [5, 5.41) is 0.794. The lowest BCUT2D eigenvalue weighted by atomic mass is 10.3. The summed E-state index contributed by atoms with van der Waals surface area (Å²) in [5.74, 6) is 0. The van der Waals surface area contributed by atoms with Gasteiger partial charge in [-0.15, -0.1) is 6.58 Å². The van der Waals surface area contributed by atoms with Gasteiger partial charge in [0.05, 0.1) is 16.1 Å². The van der Waals surface area contributed by atoms with E-state index in [0.29, 0.717) is 6.61 Å². The van der Waals surface area contributed by atoms with Crippen molar-refractivity contribution >= 4 is 47.8 Å². The first-order valence-corrected chi connectivity index (χ1v) is 6.15. The molecular formula is C8H11Br3O. The van der Waals surface area contributed by atoms with Crippen molar-refractivity contribution in [3.05, 3.63) is 21.6 Å². The predicted molar refractivity (Wildman–Crippen MR) is 64.3 cm³/mol. The normalized spacial score (nSPS) is 12.3. The Bertz CT molecular complexity index is 173. The number of ether oxygens (including phenoxy) is 1. The van der Waals surface area contributed by atoms with Gasteiger partial charge < -0.3 is 4.74 Å². The highest BCUT2D eigenvalue weighted by Gasteiger charge is 2.02. The minimum Gasteiger partial charge on any atom is -0.370 e. The third-order valence-corrected chi connectivity index (χ3v) is 3.08. The summed E-state index contributed by atoms with van der Waals surface area (Å²) < 4.78 is 6.39. The Morgan fingerprint density at radius 3 is 2.50 bits per heavy atom. The average Bonchev–Trinajstić information content (AvgIpc) is 2.04. The van der Waals surface area contributed by atoms with Crippen LogP contribution in [0.4, 0.5) is 0 Å². The van der Waals surface area contributed by atoms with Crippen molar-refractivity contribution in [2.45, 2.75) is 13.0 Å². The minimum absolute atomic E-state index is 0.0957. The molecule has 0 heterocycles. The predicted octanol–water partition coefficient (Wildman–Crippen LogP) is 3.97. The summed E-state index contributed by atoms with van der Waals surface area (Å²) in [6.45, 7) is 6.19. The molecule has 0 bridgehead atoms. The summed E-state index contributed by atoms with van der Waals surface area (Å²) >= 11 is 10.0. The van der Waals surface area contributed by atoms with E-state index < -0.39 is 0 Å². The molecule has 1 nitrogen and oxygen atoms in total. The first kappa shape index (κ1) is 12.9. The van der Waals surface area contributed by atoms with Gasteiger partial charge in [0.25, 0.3) is 0 Å². The van der Waals surface area contributed by atoms with Gasteiger partial charge in [0.2, 0.25) is 0 Å². The number of hydrogen-bond acceptors (Lipinski definition) is 1. The number of alkyl halides is 1. The molecule has 0 saturated carbocycles. The number of halogens is 3. The first-order chi connectivity index (χ1) is 5.61. The van der Waals surface area contributed by atoms with Gasteiger partial charge in [-0.25, -0.2) is 0 Å². The summed E-state index contributed by atoms with van der Waals surface area (Å²) in [6.07, 6.45) is 1.87. The molecule has 1 atom stereocenters. The Morgan fingerprint density at radius 1 is 1.58 bits per heavy atom. The lowest BCUT2D eigenvalue weighted by molar-refractivity contribution is 0.118. The van der Waals surface area contributed by atoms with Crippen molar-refractivity contribution in [2.75, 3.05) is 11.9 Å². The van der Waals surface area contributed by atoms with Crippen molar-refractivity contribution < 1.29 is 4.74 Å². The van der Waals surface area contributed by atoms with Crippen LogP contribution in [0.15, 0.2) is 21.6 Å². The van der Waals surface area contributed by atoms with Gasteiger partial charge in [-0.1, -0.05) is 22.0 Å². The van der Waals surface area contributed by atoms with Crippen LogP contribution in [0, 0.1) is 0 Å². The van der Waals surface area contributed by atoms with Crippen molar-refractivity contribution in [3.8, 4) is 0 Å². The fourth-order valence-electron chi connectivity index (χ4n) is 0.444. The molecule has 0 radical (unpaired) electrons. The summed E-state index contributed by atoms with van der Waals surface area (Å²) in [7, 11) is 0. The van der Waals surface area contributed by atoms with E-state index in [9.17, 15) is 0 Å². The highest BCUT2D eigenvalue weighted by atomic mass is 79.9. The van der Waals surface area contributed by atoms with Crippen LogP contribution >= 0.6 is 47.8 Å². The van der Waals surface area contributed by atoms with E-state index >= 15 is 0 Å². The van der Waals surface area contributed by atoms with Gasteiger partial charge in [-0.3, -0.25) is 0 Å². The lowest BCUT2D eigenvalue weighted by Gasteiger charge is -2.09. The lowest BCUT2D eigenvalue weighted by Crippen LogP contribution is -2.08. The number of hydrogen-bond donors (Lipinski definition) is 0. The van der Waals surface area contributed by atoms with Crippen LogP contribution in [0.2, 0.25) is 0 Å². The van der Waals surface area contributed by atoms with Crippen LogP contribution in [0.3, 0.4) is 0 Å². The molecule has 0 fully saturated rings. The molecule has 0 aliphatic rings. The molecule has 0 amide bonds. The molecule has 0 aromatic heterocycles. The first-order valence-electron chi connectivity index (χ1n) is 3.45. The Kier molecular flexibility index (Phi) is 7.83. The summed E-state index contributed by atoms with van der Waals surface area (Å²) in [4.78, 5) is 0. The van der Waals surface area contributed by atoms with Crippen molar-refractivity contribution in [2.24, 2.45) is 0 Å². The quantitative estimate of drug-likeness (QED) is 0.531. The second kappa shape index (κ2) is 7.30. The van der Waals surface area contributed by atoms with Crippen LogP contribution in [0.5, 0.6) is 0 Å². The second-order valence-electron chi connectivity index (χ2n) is 2.25. The molecular weight excluding hydrogens is 352 g/mol. The zero-order chi connectivity index (χ0) is 9.56. The van der Waals surface area contributed by atoms with Crippen LogP contribution in [0.1, 0.15) is 6.92 Å². The molecule has 0 spiro atoms. The van der Waals surface area contributed by atoms with Gasteiger partial charge in [-0.2, -0.15) is 0 Å². The SMILES string of the molecule is C=CC(C)OCC(CBr)=C(Br)Br. The zero-order valence-electron chi connectivity index (χ0n) is 6.82. The molecule has 70 valence electrons. The van der Waals surface area contributed by atoms with Gasteiger partial charge in [-0.05, 0) is 44.4 Å².